The van der Waals surface area contributed by atoms with Gasteiger partial charge in [-0.3, -0.25) is 9.78 Å². The van der Waals surface area contributed by atoms with Gasteiger partial charge in [0.15, 0.2) is 5.13 Å². The first-order valence-corrected chi connectivity index (χ1v) is 11.4. The van der Waals surface area contributed by atoms with Crippen molar-refractivity contribution in [1.82, 2.24) is 9.97 Å². The number of ether oxygens (including phenoxy) is 1. The third-order valence-corrected chi connectivity index (χ3v) is 6.72. The highest BCUT2D eigenvalue weighted by Gasteiger charge is 2.26. The summed E-state index contributed by atoms with van der Waals surface area (Å²) in [7, 11) is 0. The molecule has 150 valence electrons. The minimum Gasteiger partial charge on any atom is -0.381 e. The average molecular weight is 426 g/mol. The summed E-state index contributed by atoms with van der Waals surface area (Å²) in [4.78, 5) is 23.7. The van der Waals surface area contributed by atoms with Crippen LogP contribution in [0.2, 0.25) is 0 Å². The monoisotopic (exact) mass is 425 g/mol. The number of anilines is 1. The molecule has 29 heavy (non-hydrogen) atoms. The largest absolute Gasteiger partial charge is 0.381 e. The van der Waals surface area contributed by atoms with E-state index in [0.717, 1.165) is 47.8 Å². The Morgan fingerprint density at radius 3 is 2.69 bits per heavy atom. The van der Waals surface area contributed by atoms with E-state index < -0.39 is 0 Å². The molecule has 0 radical (unpaired) electrons. The van der Waals surface area contributed by atoms with Crippen molar-refractivity contribution in [1.29, 1.82) is 0 Å². The van der Waals surface area contributed by atoms with Crippen LogP contribution in [0.5, 0.6) is 0 Å². The number of carbonyl (C=O) groups is 1. The fourth-order valence-corrected chi connectivity index (χ4v) is 4.84. The second-order valence-electron chi connectivity index (χ2n) is 7.03. The summed E-state index contributed by atoms with van der Waals surface area (Å²) in [5.74, 6) is 0.318. The van der Waals surface area contributed by atoms with E-state index in [1.54, 1.807) is 24.2 Å². The molecule has 1 atom stereocenters. The van der Waals surface area contributed by atoms with Crippen LogP contribution in [-0.4, -0.2) is 29.1 Å². The molecule has 1 aromatic carbocycles. The van der Waals surface area contributed by atoms with Crippen LogP contribution in [0, 0.1) is 5.92 Å². The number of thiazole rings is 1. The molecule has 1 saturated heterocycles. The van der Waals surface area contributed by atoms with Crippen LogP contribution in [0.3, 0.4) is 0 Å². The molecule has 5 nitrogen and oxygen atoms in total. The van der Waals surface area contributed by atoms with Gasteiger partial charge in [0.1, 0.15) is 0 Å². The van der Waals surface area contributed by atoms with Crippen LogP contribution >= 0.6 is 23.1 Å². The van der Waals surface area contributed by atoms with E-state index in [4.69, 9.17) is 4.74 Å². The molecule has 3 aromatic rings. The van der Waals surface area contributed by atoms with Crippen molar-refractivity contribution in [2.45, 2.75) is 35.0 Å². The van der Waals surface area contributed by atoms with E-state index in [0.29, 0.717) is 11.0 Å². The summed E-state index contributed by atoms with van der Waals surface area (Å²) < 4.78 is 5.49. The molecular weight excluding hydrogens is 402 g/mol. The number of carbonyl (C=O) groups excluding carboxylic acids is 1. The van der Waals surface area contributed by atoms with Gasteiger partial charge in [-0.1, -0.05) is 23.9 Å². The van der Waals surface area contributed by atoms with Gasteiger partial charge in [-0.05, 0) is 55.0 Å². The molecule has 4 rings (SSSR count). The molecule has 1 N–H and O–H groups in total. The second-order valence-corrected chi connectivity index (χ2v) is 9.07. The van der Waals surface area contributed by atoms with E-state index in [1.807, 2.05) is 23.7 Å². The minimum absolute atomic E-state index is 0.0131. The standard InChI is InChI=1S/C22H23N3O2S2/c26-21(25-22-24-10-13-28-22)20(14-16-7-11-27-12-8-16)17-3-5-18(6-4-17)29-19-2-1-9-23-15-19/h1-6,9-10,13,15-16,20H,7-8,11-12,14H2,(H,24,25,26). The smallest absolute Gasteiger partial charge is 0.233 e. The lowest BCUT2D eigenvalue weighted by Gasteiger charge is -2.26. The van der Waals surface area contributed by atoms with Gasteiger partial charge in [0.05, 0.1) is 5.92 Å². The zero-order chi connectivity index (χ0) is 19.9. The first-order valence-electron chi connectivity index (χ1n) is 9.74. The number of aromatic nitrogens is 2. The second kappa shape index (κ2) is 10.0. The lowest BCUT2D eigenvalue weighted by molar-refractivity contribution is -0.118. The third-order valence-electron chi connectivity index (χ3n) is 5.04. The molecule has 0 bridgehead atoms. The fourth-order valence-electron chi connectivity index (χ4n) is 3.50. The summed E-state index contributed by atoms with van der Waals surface area (Å²) >= 11 is 3.11. The van der Waals surface area contributed by atoms with Crippen molar-refractivity contribution < 1.29 is 9.53 Å². The highest BCUT2D eigenvalue weighted by molar-refractivity contribution is 7.99. The Balaban J connectivity index is 1.50. The van der Waals surface area contributed by atoms with Crippen molar-refractivity contribution >= 4 is 34.1 Å². The van der Waals surface area contributed by atoms with Gasteiger partial charge in [0.25, 0.3) is 0 Å². The van der Waals surface area contributed by atoms with Crippen LogP contribution in [-0.2, 0) is 9.53 Å². The molecule has 0 aliphatic carbocycles. The zero-order valence-electron chi connectivity index (χ0n) is 16.0. The number of hydrogen-bond acceptors (Lipinski definition) is 6. The van der Waals surface area contributed by atoms with Gasteiger partial charge in [-0.2, -0.15) is 0 Å². The molecule has 0 saturated carbocycles. The predicted octanol–water partition coefficient (Wildman–Crippen LogP) is 5.23. The highest BCUT2D eigenvalue weighted by atomic mass is 32.2. The molecule has 7 heteroatoms. The van der Waals surface area contributed by atoms with Crippen LogP contribution in [0.1, 0.15) is 30.7 Å². The minimum atomic E-state index is -0.195. The van der Waals surface area contributed by atoms with Crippen molar-refractivity contribution in [2.24, 2.45) is 5.92 Å². The number of hydrogen-bond donors (Lipinski definition) is 1. The number of nitrogens with zero attached hydrogens (tertiary/aromatic N) is 2. The van der Waals surface area contributed by atoms with Crippen molar-refractivity contribution in [2.75, 3.05) is 18.5 Å². The summed E-state index contributed by atoms with van der Waals surface area (Å²) in [6, 6.07) is 12.3. The molecule has 1 aliphatic rings. The van der Waals surface area contributed by atoms with Crippen molar-refractivity contribution in [3.05, 3.63) is 65.9 Å². The Hall–Kier alpha value is -2.22. The maximum atomic E-state index is 13.1. The summed E-state index contributed by atoms with van der Waals surface area (Å²) in [5.41, 5.74) is 1.04. The third kappa shape index (κ3) is 5.65. The van der Waals surface area contributed by atoms with Crippen LogP contribution in [0.15, 0.2) is 70.2 Å². The SMILES string of the molecule is O=C(Nc1nccs1)C(CC1CCOCC1)c1ccc(Sc2cccnc2)cc1. The Labute approximate surface area is 178 Å². The fraction of sp³-hybridized carbons (Fsp3) is 0.318. The molecule has 1 aliphatic heterocycles. The first-order chi connectivity index (χ1) is 14.3. The van der Waals surface area contributed by atoms with Crippen LogP contribution in [0.4, 0.5) is 5.13 Å². The maximum Gasteiger partial charge on any atom is 0.233 e. The lowest BCUT2D eigenvalue weighted by Crippen LogP contribution is -2.26. The molecular formula is C22H23N3O2S2. The van der Waals surface area contributed by atoms with Gasteiger partial charge in [-0.15, -0.1) is 11.3 Å². The normalized spacial score (nSPS) is 15.7. The molecule has 2 aromatic heterocycles. The highest BCUT2D eigenvalue weighted by Crippen LogP contribution is 2.33. The summed E-state index contributed by atoms with van der Waals surface area (Å²) in [6.07, 6.45) is 8.18. The van der Waals surface area contributed by atoms with Gasteiger partial charge < -0.3 is 10.1 Å². The molecule has 1 amide bonds. The van der Waals surface area contributed by atoms with Crippen molar-refractivity contribution in [3.8, 4) is 0 Å². The van der Waals surface area contributed by atoms with Gasteiger partial charge in [0.2, 0.25) is 5.91 Å². The first kappa shape index (κ1) is 20.1. The lowest BCUT2D eigenvalue weighted by atomic mass is 9.84. The maximum absolute atomic E-state index is 13.1. The Bertz CT molecular complexity index is 896. The van der Waals surface area contributed by atoms with Gasteiger partial charge in [0, 0.05) is 47.0 Å². The van der Waals surface area contributed by atoms with Crippen molar-refractivity contribution in [3.63, 3.8) is 0 Å². The molecule has 0 spiro atoms. The zero-order valence-corrected chi connectivity index (χ0v) is 17.6. The molecule has 1 unspecified atom stereocenters. The van der Waals surface area contributed by atoms with E-state index in [-0.39, 0.29) is 11.8 Å². The Morgan fingerprint density at radius 1 is 1.17 bits per heavy atom. The quantitative estimate of drug-likeness (QED) is 0.562. The van der Waals surface area contributed by atoms with Crippen LogP contribution in [0.25, 0.3) is 0 Å². The van der Waals surface area contributed by atoms with E-state index in [9.17, 15) is 4.79 Å². The predicted molar refractivity (Wildman–Crippen MR) is 116 cm³/mol. The molecule has 1 fully saturated rings. The number of benzene rings is 1. The van der Waals surface area contributed by atoms with Crippen LogP contribution < -0.4 is 5.32 Å². The molecule has 3 heterocycles. The average Bonchev–Trinajstić information content (AvgIpc) is 3.27. The Kier molecular flexibility index (Phi) is 6.92. The van der Waals surface area contributed by atoms with E-state index in [2.05, 4.69) is 39.6 Å². The van der Waals surface area contributed by atoms with Gasteiger partial charge in [-0.25, -0.2) is 4.98 Å². The number of amides is 1. The van der Waals surface area contributed by atoms with E-state index >= 15 is 0 Å². The number of rotatable bonds is 7. The number of pyridine rings is 1. The Morgan fingerprint density at radius 2 is 2.00 bits per heavy atom. The summed E-state index contributed by atoms with van der Waals surface area (Å²) in [6.45, 7) is 1.57. The summed E-state index contributed by atoms with van der Waals surface area (Å²) in [5, 5.41) is 5.51. The van der Waals surface area contributed by atoms with Gasteiger partial charge >= 0.3 is 0 Å². The number of nitrogens with one attached hydrogen (secondary N) is 1. The van der Waals surface area contributed by atoms with E-state index in [1.165, 1.54) is 11.3 Å². The topological polar surface area (TPSA) is 64.1 Å².